The molecule has 0 fully saturated rings. The van der Waals surface area contributed by atoms with Crippen molar-refractivity contribution in [3.05, 3.63) is 17.7 Å². The van der Waals surface area contributed by atoms with Crippen LogP contribution >= 0.6 is 10.7 Å². The highest BCUT2D eigenvalue weighted by molar-refractivity contribution is 8.13. The molecule has 0 heterocycles. The first-order valence-electron chi connectivity index (χ1n) is 5.65. The lowest BCUT2D eigenvalue weighted by atomic mass is 10.2. The Morgan fingerprint density at radius 1 is 1.04 bits per heavy atom. The number of halogens is 7. The molecule has 0 aliphatic rings. The third-order valence-corrected chi connectivity index (χ3v) is 3.57. The van der Waals surface area contributed by atoms with Crippen molar-refractivity contribution in [3.8, 4) is 17.6 Å². The van der Waals surface area contributed by atoms with Gasteiger partial charge in [0.2, 0.25) is 0 Å². The van der Waals surface area contributed by atoms with Gasteiger partial charge in [0, 0.05) is 10.7 Å². The first-order chi connectivity index (χ1) is 10.7. The van der Waals surface area contributed by atoms with E-state index >= 15 is 0 Å². The number of nitrogens with zero attached hydrogens (tertiary/aromatic N) is 1. The van der Waals surface area contributed by atoms with E-state index in [1.165, 1.54) is 6.07 Å². The third kappa shape index (κ3) is 5.97. The van der Waals surface area contributed by atoms with Crippen molar-refractivity contribution < 1.29 is 44.2 Å². The number of alkyl halides is 6. The highest BCUT2D eigenvalue weighted by Gasteiger charge is 2.33. The molecule has 0 aliphatic heterocycles. The first kappa shape index (κ1) is 20.2. The zero-order valence-electron chi connectivity index (χ0n) is 11.2. The van der Waals surface area contributed by atoms with Gasteiger partial charge in [-0.25, -0.2) is 8.42 Å². The van der Waals surface area contributed by atoms with E-state index in [1.54, 1.807) is 0 Å². The second kappa shape index (κ2) is 6.94. The number of hydrogen-bond donors (Lipinski definition) is 0. The van der Waals surface area contributed by atoms with Crippen LogP contribution in [0.25, 0.3) is 0 Å². The minimum Gasteiger partial charge on any atom is -0.483 e. The van der Waals surface area contributed by atoms with Crippen molar-refractivity contribution in [1.29, 1.82) is 5.26 Å². The molecule has 1 aromatic carbocycles. The molecule has 134 valence electrons. The predicted molar refractivity (Wildman–Crippen MR) is 67.3 cm³/mol. The maximum Gasteiger partial charge on any atom is 0.422 e. The molecule has 0 saturated carbocycles. The lowest BCUT2D eigenvalue weighted by molar-refractivity contribution is -0.154. The van der Waals surface area contributed by atoms with Gasteiger partial charge < -0.3 is 9.47 Å². The molecule has 0 aliphatic carbocycles. The minimum atomic E-state index is -4.90. The van der Waals surface area contributed by atoms with Crippen molar-refractivity contribution in [1.82, 2.24) is 0 Å². The third-order valence-electron chi connectivity index (χ3n) is 2.23. The van der Waals surface area contributed by atoms with Crippen LogP contribution < -0.4 is 9.47 Å². The van der Waals surface area contributed by atoms with Crippen LogP contribution in [-0.4, -0.2) is 34.0 Å². The zero-order chi connectivity index (χ0) is 18.8. The maximum atomic E-state index is 12.2. The highest BCUT2D eigenvalue weighted by atomic mass is 35.7. The first-order valence-corrected chi connectivity index (χ1v) is 7.96. The molecular formula is C11H6ClF6NO4S. The summed E-state index contributed by atoms with van der Waals surface area (Å²) in [4.78, 5) is -1.01. The molecule has 0 saturated heterocycles. The van der Waals surface area contributed by atoms with Gasteiger partial charge in [0.1, 0.15) is 22.3 Å². The van der Waals surface area contributed by atoms with Gasteiger partial charge in [-0.05, 0) is 12.1 Å². The topological polar surface area (TPSA) is 76.4 Å². The molecule has 24 heavy (non-hydrogen) atoms. The summed E-state index contributed by atoms with van der Waals surface area (Å²) in [5.74, 6) is -1.96. The van der Waals surface area contributed by atoms with Crippen molar-refractivity contribution in [2.75, 3.05) is 13.2 Å². The van der Waals surface area contributed by atoms with Gasteiger partial charge in [-0.2, -0.15) is 31.6 Å². The van der Waals surface area contributed by atoms with Crippen LogP contribution in [0.15, 0.2) is 17.0 Å². The largest absolute Gasteiger partial charge is 0.483 e. The summed E-state index contributed by atoms with van der Waals surface area (Å²) in [7, 11) is 0.383. The van der Waals surface area contributed by atoms with Crippen LogP contribution in [0, 0.1) is 11.3 Å². The summed E-state index contributed by atoms with van der Waals surface area (Å²) >= 11 is 0. The van der Waals surface area contributed by atoms with E-state index in [1.807, 2.05) is 0 Å². The molecule has 0 amide bonds. The molecule has 0 unspecified atom stereocenters. The molecule has 1 aromatic rings. The number of rotatable bonds is 5. The lowest BCUT2D eigenvalue weighted by Crippen LogP contribution is -2.21. The molecule has 0 aromatic heterocycles. The smallest absolute Gasteiger partial charge is 0.422 e. The molecular weight excluding hydrogens is 392 g/mol. The second-order valence-electron chi connectivity index (χ2n) is 4.12. The van der Waals surface area contributed by atoms with E-state index in [-0.39, 0.29) is 0 Å². The number of benzene rings is 1. The van der Waals surface area contributed by atoms with Gasteiger partial charge in [-0.3, -0.25) is 0 Å². The van der Waals surface area contributed by atoms with Gasteiger partial charge in [0.05, 0.1) is 0 Å². The number of nitriles is 1. The van der Waals surface area contributed by atoms with E-state index in [0.29, 0.717) is 12.1 Å². The lowest BCUT2D eigenvalue weighted by Gasteiger charge is -2.16. The van der Waals surface area contributed by atoms with Gasteiger partial charge in [0.25, 0.3) is 9.05 Å². The molecule has 0 bridgehead atoms. The predicted octanol–water partition coefficient (Wildman–Crippen LogP) is 3.37. The number of ether oxygens (including phenoxy) is 2. The fourth-order valence-corrected chi connectivity index (χ4v) is 2.40. The molecule has 0 radical (unpaired) electrons. The summed E-state index contributed by atoms with van der Waals surface area (Å²) in [6.07, 6.45) is -9.69. The molecule has 0 N–H and O–H groups in total. The van der Waals surface area contributed by atoms with Gasteiger partial charge in [-0.15, -0.1) is 0 Å². The summed E-state index contributed by atoms with van der Waals surface area (Å²) in [5.41, 5.74) is -0.967. The van der Waals surface area contributed by atoms with Gasteiger partial charge in [0.15, 0.2) is 19.0 Å². The summed E-state index contributed by atoms with van der Waals surface area (Å²) in [5, 5.41) is 8.94. The summed E-state index contributed by atoms with van der Waals surface area (Å²) in [6, 6.07) is 2.46. The normalized spacial score (nSPS) is 12.6. The molecule has 0 spiro atoms. The maximum absolute atomic E-state index is 12.2. The van der Waals surface area contributed by atoms with E-state index < -0.39 is 56.6 Å². The van der Waals surface area contributed by atoms with Crippen LogP contribution in [0.2, 0.25) is 0 Å². The van der Waals surface area contributed by atoms with E-state index in [9.17, 15) is 34.8 Å². The Morgan fingerprint density at radius 3 is 1.96 bits per heavy atom. The van der Waals surface area contributed by atoms with Crippen LogP contribution in [-0.2, 0) is 9.05 Å². The Hall–Kier alpha value is -1.87. The Balaban J connectivity index is 3.39. The Morgan fingerprint density at radius 2 is 1.54 bits per heavy atom. The summed E-state index contributed by atoms with van der Waals surface area (Å²) in [6.45, 7) is -3.85. The van der Waals surface area contributed by atoms with Crippen molar-refractivity contribution in [2.24, 2.45) is 0 Å². The van der Waals surface area contributed by atoms with E-state index in [4.69, 9.17) is 15.9 Å². The average molecular weight is 398 g/mol. The van der Waals surface area contributed by atoms with Crippen molar-refractivity contribution in [3.63, 3.8) is 0 Å². The van der Waals surface area contributed by atoms with Crippen LogP contribution in [0.4, 0.5) is 26.3 Å². The van der Waals surface area contributed by atoms with Crippen LogP contribution in [0.1, 0.15) is 5.56 Å². The van der Waals surface area contributed by atoms with E-state index in [0.717, 1.165) is 0 Å². The monoisotopic (exact) mass is 397 g/mol. The Kier molecular flexibility index (Phi) is 5.83. The Bertz CT molecular complexity index is 753. The van der Waals surface area contributed by atoms with Crippen molar-refractivity contribution >= 4 is 19.7 Å². The van der Waals surface area contributed by atoms with Gasteiger partial charge >= 0.3 is 12.4 Å². The highest BCUT2D eigenvalue weighted by Crippen LogP contribution is 2.37. The van der Waals surface area contributed by atoms with Gasteiger partial charge in [-0.1, -0.05) is 0 Å². The second-order valence-corrected chi connectivity index (χ2v) is 6.66. The number of hydrogen-bond acceptors (Lipinski definition) is 5. The summed E-state index contributed by atoms with van der Waals surface area (Å²) < 4.78 is 104. The quantitative estimate of drug-likeness (QED) is 0.562. The SMILES string of the molecule is N#Cc1c(OCC(F)(F)F)ccc(S(=O)(=O)Cl)c1OCC(F)(F)F. The molecule has 1 rings (SSSR count). The van der Waals surface area contributed by atoms with Crippen molar-refractivity contribution in [2.45, 2.75) is 17.2 Å². The average Bonchev–Trinajstić information content (AvgIpc) is 2.39. The van der Waals surface area contributed by atoms with E-state index in [2.05, 4.69) is 9.47 Å². The van der Waals surface area contributed by atoms with Crippen LogP contribution in [0.5, 0.6) is 11.5 Å². The van der Waals surface area contributed by atoms with Crippen LogP contribution in [0.3, 0.4) is 0 Å². The fourth-order valence-electron chi connectivity index (χ4n) is 1.42. The standard InChI is InChI=1S/C11H6ClF6NO4S/c12-24(20,21)8-2-1-7(22-4-10(13,14)15)6(3-19)9(8)23-5-11(16,17)18/h1-2H,4-5H2. The molecule has 0 atom stereocenters. The molecule has 13 heteroatoms. The fraction of sp³-hybridized carbons (Fsp3) is 0.364. The zero-order valence-corrected chi connectivity index (χ0v) is 12.8. The minimum absolute atomic E-state index is 0.570. The molecule has 5 nitrogen and oxygen atoms in total. The Labute approximate surface area is 135 Å².